The van der Waals surface area contributed by atoms with Gasteiger partial charge in [-0.1, -0.05) is 0 Å². The second kappa shape index (κ2) is 6.16. The summed E-state index contributed by atoms with van der Waals surface area (Å²) in [6.45, 7) is 5.71. The first kappa shape index (κ1) is 15.2. The molecule has 0 unspecified atom stereocenters. The third kappa shape index (κ3) is 3.04. The smallest absolute Gasteiger partial charge is 0.286 e. The minimum atomic E-state index is -0.158. The van der Waals surface area contributed by atoms with E-state index in [1.165, 1.54) is 31.0 Å². The van der Waals surface area contributed by atoms with Gasteiger partial charge in [0.1, 0.15) is 5.75 Å². The van der Waals surface area contributed by atoms with Crippen LogP contribution in [0.5, 0.6) is 5.75 Å². The van der Waals surface area contributed by atoms with Gasteiger partial charge in [0.05, 0.1) is 4.91 Å². The fraction of sp³-hybridized carbons (Fsp3) is 0.412. The fourth-order valence-electron chi connectivity index (χ4n) is 2.84. The summed E-state index contributed by atoms with van der Waals surface area (Å²) in [5.41, 5.74) is 2.57. The third-order valence-corrected chi connectivity index (χ3v) is 5.09. The Morgan fingerprint density at radius 1 is 1.18 bits per heavy atom. The molecular weight excluding hydrogens is 296 g/mol. The van der Waals surface area contributed by atoms with Crippen LogP contribution in [0.1, 0.15) is 36.0 Å². The van der Waals surface area contributed by atoms with Crippen LogP contribution in [-0.4, -0.2) is 34.2 Å². The van der Waals surface area contributed by atoms with Gasteiger partial charge in [-0.3, -0.25) is 4.79 Å². The van der Waals surface area contributed by atoms with Gasteiger partial charge in [0, 0.05) is 13.1 Å². The Morgan fingerprint density at radius 2 is 1.82 bits per heavy atom. The highest BCUT2D eigenvalue weighted by atomic mass is 32.2. The number of aliphatic imine (C=N–C) groups is 1. The van der Waals surface area contributed by atoms with Crippen LogP contribution >= 0.6 is 11.8 Å². The predicted molar refractivity (Wildman–Crippen MR) is 91.0 cm³/mol. The van der Waals surface area contributed by atoms with Crippen molar-refractivity contribution < 1.29 is 9.90 Å². The van der Waals surface area contributed by atoms with Gasteiger partial charge in [0.2, 0.25) is 0 Å². The molecule has 3 rings (SSSR count). The summed E-state index contributed by atoms with van der Waals surface area (Å²) in [5.74, 6) is 0.159. The zero-order chi connectivity index (χ0) is 15.7. The van der Waals surface area contributed by atoms with Crippen LogP contribution in [0.15, 0.2) is 22.0 Å². The molecule has 1 N–H and O–H groups in total. The number of phenols is 1. The highest BCUT2D eigenvalue weighted by Gasteiger charge is 2.26. The van der Waals surface area contributed by atoms with Gasteiger partial charge in [0.25, 0.3) is 5.91 Å². The minimum Gasteiger partial charge on any atom is -0.507 e. The molecule has 116 valence electrons. The van der Waals surface area contributed by atoms with Gasteiger partial charge in [-0.05, 0) is 79.8 Å². The number of thioether (sulfide) groups is 1. The van der Waals surface area contributed by atoms with E-state index in [1.807, 2.05) is 32.1 Å². The van der Waals surface area contributed by atoms with Crippen molar-refractivity contribution in [1.29, 1.82) is 0 Å². The lowest BCUT2D eigenvalue weighted by Gasteiger charge is -2.27. The predicted octanol–water partition coefficient (Wildman–Crippen LogP) is 3.47. The highest BCUT2D eigenvalue weighted by molar-refractivity contribution is 8.18. The topological polar surface area (TPSA) is 52.9 Å². The van der Waals surface area contributed by atoms with Gasteiger partial charge in [-0.25, -0.2) is 0 Å². The summed E-state index contributed by atoms with van der Waals surface area (Å²) < 4.78 is 0. The Hall–Kier alpha value is -1.75. The monoisotopic (exact) mass is 316 g/mol. The standard InChI is InChI=1S/C17H20N2O2S/c1-11-8-13(9-12(2)15(11)20)10-14-16(21)18-17(22-14)19-6-4-3-5-7-19/h8-10,20H,3-7H2,1-2H3. The molecule has 4 nitrogen and oxygen atoms in total. The number of likely N-dealkylation sites (tertiary alicyclic amines) is 1. The fourth-order valence-corrected chi connectivity index (χ4v) is 3.81. The SMILES string of the molecule is Cc1cc(C=C2SC(N3CCCCC3)=NC2=O)cc(C)c1O. The number of piperidine rings is 1. The number of nitrogens with zero attached hydrogens (tertiary/aromatic N) is 2. The Labute approximate surface area is 134 Å². The summed E-state index contributed by atoms with van der Waals surface area (Å²) >= 11 is 1.46. The lowest BCUT2D eigenvalue weighted by Crippen LogP contribution is -2.33. The number of benzene rings is 1. The summed E-state index contributed by atoms with van der Waals surface area (Å²) in [6, 6.07) is 3.78. The summed E-state index contributed by atoms with van der Waals surface area (Å²) in [6.07, 6.45) is 5.47. The number of rotatable bonds is 1. The van der Waals surface area contributed by atoms with Gasteiger partial charge >= 0.3 is 0 Å². The lowest BCUT2D eigenvalue weighted by molar-refractivity contribution is -0.113. The number of aryl methyl sites for hydroxylation is 2. The molecule has 1 aromatic rings. The maximum absolute atomic E-state index is 12.1. The molecule has 0 radical (unpaired) electrons. The molecule has 0 aromatic heterocycles. The third-order valence-electron chi connectivity index (χ3n) is 4.05. The van der Waals surface area contributed by atoms with Crippen LogP contribution in [0.25, 0.3) is 6.08 Å². The van der Waals surface area contributed by atoms with Crippen molar-refractivity contribution in [1.82, 2.24) is 4.90 Å². The molecule has 2 aliphatic heterocycles. The maximum Gasteiger partial charge on any atom is 0.286 e. The van der Waals surface area contributed by atoms with E-state index in [0.717, 1.165) is 34.9 Å². The van der Waals surface area contributed by atoms with Crippen molar-refractivity contribution in [3.63, 3.8) is 0 Å². The highest BCUT2D eigenvalue weighted by Crippen LogP contribution is 2.32. The van der Waals surface area contributed by atoms with E-state index >= 15 is 0 Å². The first-order valence-electron chi connectivity index (χ1n) is 7.62. The van der Waals surface area contributed by atoms with Crippen LogP contribution in [0.2, 0.25) is 0 Å². The molecule has 0 aliphatic carbocycles. The number of carbonyl (C=O) groups is 1. The number of hydrogen-bond donors (Lipinski definition) is 1. The molecule has 1 saturated heterocycles. The van der Waals surface area contributed by atoms with Gasteiger partial charge in [-0.15, -0.1) is 0 Å². The van der Waals surface area contributed by atoms with Crippen LogP contribution in [-0.2, 0) is 4.79 Å². The molecule has 2 heterocycles. The van der Waals surface area contributed by atoms with E-state index in [0.29, 0.717) is 10.7 Å². The van der Waals surface area contributed by atoms with Crippen molar-refractivity contribution in [2.45, 2.75) is 33.1 Å². The van der Waals surface area contributed by atoms with E-state index < -0.39 is 0 Å². The Bertz CT molecular complexity index is 650. The van der Waals surface area contributed by atoms with Gasteiger partial charge in [-0.2, -0.15) is 4.99 Å². The van der Waals surface area contributed by atoms with Crippen LogP contribution < -0.4 is 0 Å². The first-order chi connectivity index (χ1) is 10.5. The molecule has 0 atom stereocenters. The Kier molecular flexibility index (Phi) is 4.25. The van der Waals surface area contributed by atoms with Crippen LogP contribution in [0.3, 0.4) is 0 Å². The number of phenolic OH excluding ortho intramolecular Hbond substituents is 1. The molecule has 1 amide bonds. The molecule has 0 saturated carbocycles. The molecule has 5 heteroatoms. The van der Waals surface area contributed by atoms with Crippen LogP contribution in [0.4, 0.5) is 0 Å². The van der Waals surface area contributed by atoms with E-state index in [-0.39, 0.29) is 5.91 Å². The molecular formula is C17H20N2O2S. The van der Waals surface area contributed by atoms with E-state index in [4.69, 9.17) is 0 Å². The van der Waals surface area contributed by atoms with E-state index in [1.54, 1.807) is 0 Å². The van der Waals surface area contributed by atoms with Crippen molar-refractivity contribution in [2.24, 2.45) is 4.99 Å². The molecule has 2 aliphatic rings. The van der Waals surface area contributed by atoms with E-state index in [2.05, 4.69) is 9.89 Å². The van der Waals surface area contributed by atoms with Gasteiger partial charge < -0.3 is 10.0 Å². The number of hydrogen-bond acceptors (Lipinski definition) is 4. The van der Waals surface area contributed by atoms with Crippen molar-refractivity contribution in [2.75, 3.05) is 13.1 Å². The molecule has 0 spiro atoms. The second-order valence-corrected chi connectivity index (χ2v) is 6.87. The molecule has 0 bridgehead atoms. The minimum absolute atomic E-state index is 0.158. The normalized spacial score (nSPS) is 20.6. The van der Waals surface area contributed by atoms with Crippen molar-refractivity contribution >= 4 is 28.9 Å². The number of carbonyl (C=O) groups excluding carboxylic acids is 1. The Balaban J connectivity index is 1.80. The van der Waals surface area contributed by atoms with Crippen molar-refractivity contribution in [3.8, 4) is 5.75 Å². The van der Waals surface area contributed by atoms with Crippen LogP contribution in [0, 0.1) is 13.8 Å². The first-order valence-corrected chi connectivity index (χ1v) is 8.44. The molecule has 1 aromatic carbocycles. The maximum atomic E-state index is 12.1. The zero-order valence-electron chi connectivity index (χ0n) is 12.9. The average molecular weight is 316 g/mol. The summed E-state index contributed by atoms with van der Waals surface area (Å²) in [4.78, 5) is 19.2. The Morgan fingerprint density at radius 3 is 2.45 bits per heavy atom. The molecule has 1 fully saturated rings. The number of aromatic hydroxyl groups is 1. The average Bonchev–Trinajstić information content (AvgIpc) is 2.87. The second-order valence-electron chi connectivity index (χ2n) is 5.86. The number of amides is 1. The molecule has 22 heavy (non-hydrogen) atoms. The lowest BCUT2D eigenvalue weighted by atomic mass is 10.1. The summed E-state index contributed by atoms with van der Waals surface area (Å²) in [7, 11) is 0. The quantitative estimate of drug-likeness (QED) is 0.806. The van der Waals surface area contributed by atoms with E-state index in [9.17, 15) is 9.90 Å². The van der Waals surface area contributed by atoms with Crippen molar-refractivity contribution in [3.05, 3.63) is 33.7 Å². The summed E-state index contributed by atoms with van der Waals surface area (Å²) in [5, 5.41) is 10.7. The van der Waals surface area contributed by atoms with Gasteiger partial charge in [0.15, 0.2) is 5.17 Å². The number of amidine groups is 1. The largest absolute Gasteiger partial charge is 0.507 e. The zero-order valence-corrected chi connectivity index (χ0v) is 13.7.